The zero-order valence-electron chi connectivity index (χ0n) is 19.3. The molecular formula is C31H28O2. The molecule has 0 aromatic heterocycles. The lowest BCUT2D eigenvalue weighted by atomic mass is 10.1. The standard InChI is InChI=1S/C31H28O2/c1-32-30-26-20-18-24-28(30)22-16-14-12-10-8-6-4-3-5-7-9-11-13-15-17-23-29-25-19-21-27-31(29)33-2/h12-15,18-21,24-27H,3-7H2,1-2H3/b14-12-,15-13-. The number of para-hydroxylation sites is 2. The summed E-state index contributed by atoms with van der Waals surface area (Å²) in [6, 6.07) is 15.4. The van der Waals surface area contributed by atoms with Crippen LogP contribution in [0.25, 0.3) is 0 Å². The molecule has 0 bridgehead atoms. The third-order valence-electron chi connectivity index (χ3n) is 4.44. The predicted octanol–water partition coefficient (Wildman–Crippen LogP) is 6.18. The normalized spacial score (nSPS) is 9.52. The first-order valence-electron chi connectivity index (χ1n) is 10.9. The van der Waals surface area contributed by atoms with Crippen molar-refractivity contribution in [2.75, 3.05) is 14.2 Å². The van der Waals surface area contributed by atoms with Crippen molar-refractivity contribution >= 4 is 0 Å². The topological polar surface area (TPSA) is 18.5 Å². The monoisotopic (exact) mass is 432 g/mol. The highest BCUT2D eigenvalue weighted by molar-refractivity contribution is 5.48. The minimum absolute atomic E-state index is 0.781. The molecule has 0 saturated carbocycles. The first-order chi connectivity index (χ1) is 16.3. The van der Waals surface area contributed by atoms with Gasteiger partial charge in [0, 0.05) is 12.8 Å². The molecule has 0 aliphatic carbocycles. The van der Waals surface area contributed by atoms with Gasteiger partial charge in [0.25, 0.3) is 0 Å². The number of unbranched alkanes of at least 4 members (excludes halogenated alkanes) is 4. The third kappa shape index (κ3) is 10.6. The van der Waals surface area contributed by atoms with Crippen LogP contribution >= 0.6 is 0 Å². The average molecular weight is 433 g/mol. The van der Waals surface area contributed by atoms with Crippen LogP contribution in [0, 0.1) is 47.4 Å². The summed E-state index contributed by atoms with van der Waals surface area (Å²) in [7, 11) is 3.29. The second kappa shape index (κ2) is 16.5. The lowest BCUT2D eigenvalue weighted by molar-refractivity contribution is 0.413. The molecule has 2 rings (SSSR count). The maximum atomic E-state index is 5.27. The summed E-state index contributed by atoms with van der Waals surface area (Å²) in [6.07, 6.45) is 12.2. The molecule has 2 aromatic carbocycles. The summed E-state index contributed by atoms with van der Waals surface area (Å²) in [5.74, 6) is 26.0. The van der Waals surface area contributed by atoms with Crippen LogP contribution in [0.2, 0.25) is 0 Å². The maximum Gasteiger partial charge on any atom is 0.134 e. The van der Waals surface area contributed by atoms with Crippen molar-refractivity contribution in [1.29, 1.82) is 0 Å². The molecule has 164 valence electrons. The average Bonchev–Trinajstić information content (AvgIpc) is 2.86. The van der Waals surface area contributed by atoms with Crippen molar-refractivity contribution in [2.45, 2.75) is 32.1 Å². The Balaban J connectivity index is 1.58. The molecule has 2 heteroatoms. The zero-order valence-corrected chi connectivity index (χ0v) is 19.3. The van der Waals surface area contributed by atoms with E-state index in [0.29, 0.717) is 0 Å². The van der Waals surface area contributed by atoms with Crippen LogP contribution in [0.15, 0.2) is 72.8 Å². The van der Waals surface area contributed by atoms with Gasteiger partial charge in [0.2, 0.25) is 0 Å². The number of allylic oxidation sites excluding steroid dienone is 4. The van der Waals surface area contributed by atoms with E-state index in [9.17, 15) is 0 Å². The van der Waals surface area contributed by atoms with E-state index in [1.807, 2.05) is 48.5 Å². The Morgan fingerprint density at radius 1 is 0.576 bits per heavy atom. The maximum absolute atomic E-state index is 5.27. The summed E-state index contributed by atoms with van der Waals surface area (Å²) in [5, 5.41) is 0. The highest BCUT2D eigenvalue weighted by Crippen LogP contribution is 2.16. The van der Waals surface area contributed by atoms with E-state index in [-0.39, 0.29) is 0 Å². The largest absolute Gasteiger partial charge is 0.495 e. The molecule has 0 saturated heterocycles. The van der Waals surface area contributed by atoms with Gasteiger partial charge in [0.05, 0.1) is 25.3 Å². The highest BCUT2D eigenvalue weighted by atomic mass is 16.5. The number of hydrogen-bond acceptors (Lipinski definition) is 2. The van der Waals surface area contributed by atoms with E-state index in [1.165, 1.54) is 0 Å². The van der Waals surface area contributed by atoms with Crippen LogP contribution in [0.3, 0.4) is 0 Å². The smallest absolute Gasteiger partial charge is 0.134 e. The molecule has 0 fully saturated rings. The molecule has 0 amide bonds. The summed E-state index contributed by atoms with van der Waals surface area (Å²) >= 11 is 0. The Morgan fingerprint density at radius 3 is 1.45 bits per heavy atom. The fourth-order valence-electron chi connectivity index (χ4n) is 2.77. The molecule has 0 radical (unpaired) electrons. The number of ether oxygens (including phenoxy) is 2. The molecule has 0 aliphatic rings. The van der Waals surface area contributed by atoms with Crippen LogP contribution < -0.4 is 9.47 Å². The number of rotatable bonds is 6. The summed E-state index contributed by atoms with van der Waals surface area (Å²) in [4.78, 5) is 0. The highest BCUT2D eigenvalue weighted by Gasteiger charge is 1.96. The molecule has 0 atom stereocenters. The van der Waals surface area contributed by atoms with Crippen LogP contribution in [-0.4, -0.2) is 14.2 Å². The zero-order chi connectivity index (χ0) is 23.4. The first-order valence-corrected chi connectivity index (χ1v) is 10.9. The van der Waals surface area contributed by atoms with Gasteiger partial charge in [-0.1, -0.05) is 78.0 Å². The van der Waals surface area contributed by atoms with E-state index in [0.717, 1.165) is 54.7 Å². The van der Waals surface area contributed by atoms with Gasteiger partial charge in [0.15, 0.2) is 0 Å². The van der Waals surface area contributed by atoms with E-state index in [1.54, 1.807) is 38.5 Å². The Kier molecular flexibility index (Phi) is 12.5. The lowest BCUT2D eigenvalue weighted by Gasteiger charge is -2.00. The van der Waals surface area contributed by atoms with Crippen molar-refractivity contribution in [1.82, 2.24) is 0 Å². The quantitative estimate of drug-likeness (QED) is 0.401. The van der Waals surface area contributed by atoms with E-state index in [2.05, 4.69) is 47.4 Å². The van der Waals surface area contributed by atoms with Crippen molar-refractivity contribution in [2.24, 2.45) is 0 Å². The SMILES string of the molecule is COc1ccccc1C#C/C=C\C#CCCCCCC#C/C=C\C#Cc1ccccc1OC. The van der Waals surface area contributed by atoms with Gasteiger partial charge in [-0.2, -0.15) is 0 Å². The second-order valence-electron chi connectivity index (χ2n) is 6.81. The van der Waals surface area contributed by atoms with Gasteiger partial charge in [-0.25, -0.2) is 0 Å². The van der Waals surface area contributed by atoms with Crippen molar-refractivity contribution in [3.05, 3.63) is 84.0 Å². The Labute approximate surface area is 198 Å². The van der Waals surface area contributed by atoms with Gasteiger partial charge in [-0.3, -0.25) is 0 Å². The van der Waals surface area contributed by atoms with Crippen molar-refractivity contribution in [3.8, 4) is 58.9 Å². The van der Waals surface area contributed by atoms with Crippen LogP contribution in [-0.2, 0) is 0 Å². The molecule has 0 aliphatic heterocycles. The third-order valence-corrected chi connectivity index (χ3v) is 4.44. The second-order valence-corrected chi connectivity index (χ2v) is 6.81. The van der Waals surface area contributed by atoms with Gasteiger partial charge < -0.3 is 9.47 Å². The molecular weight excluding hydrogens is 404 g/mol. The number of benzene rings is 2. The van der Waals surface area contributed by atoms with Gasteiger partial charge in [0.1, 0.15) is 11.5 Å². The van der Waals surface area contributed by atoms with E-state index in [4.69, 9.17) is 9.47 Å². The van der Waals surface area contributed by atoms with Crippen LogP contribution in [0.1, 0.15) is 43.2 Å². The van der Waals surface area contributed by atoms with Crippen molar-refractivity contribution < 1.29 is 9.47 Å². The molecule has 0 spiro atoms. The Bertz CT molecular complexity index is 1090. The molecule has 33 heavy (non-hydrogen) atoms. The molecule has 2 nitrogen and oxygen atoms in total. The van der Waals surface area contributed by atoms with Gasteiger partial charge >= 0.3 is 0 Å². The molecule has 0 unspecified atom stereocenters. The molecule has 0 N–H and O–H groups in total. The molecule has 2 aromatic rings. The fourth-order valence-corrected chi connectivity index (χ4v) is 2.77. The molecule has 0 heterocycles. The van der Waals surface area contributed by atoms with Crippen LogP contribution in [0.4, 0.5) is 0 Å². The van der Waals surface area contributed by atoms with Gasteiger partial charge in [-0.05, 0) is 61.4 Å². The van der Waals surface area contributed by atoms with Gasteiger partial charge in [-0.15, -0.1) is 0 Å². The summed E-state index contributed by atoms with van der Waals surface area (Å²) in [6.45, 7) is 0. The lowest BCUT2D eigenvalue weighted by Crippen LogP contribution is -1.85. The van der Waals surface area contributed by atoms with E-state index < -0.39 is 0 Å². The van der Waals surface area contributed by atoms with Crippen molar-refractivity contribution in [3.63, 3.8) is 0 Å². The minimum Gasteiger partial charge on any atom is -0.495 e. The predicted molar refractivity (Wildman–Crippen MR) is 137 cm³/mol. The van der Waals surface area contributed by atoms with E-state index >= 15 is 0 Å². The number of methoxy groups -OCH3 is 2. The Hall–Kier alpha value is -4.24. The first kappa shape index (κ1) is 25.0. The summed E-state index contributed by atoms with van der Waals surface area (Å²) < 4.78 is 10.5. The minimum atomic E-state index is 0.781. The number of hydrogen-bond donors (Lipinski definition) is 0. The Morgan fingerprint density at radius 2 is 1.00 bits per heavy atom. The fraction of sp³-hybridized carbons (Fsp3) is 0.226. The van der Waals surface area contributed by atoms with Crippen LogP contribution in [0.5, 0.6) is 11.5 Å². The summed E-state index contributed by atoms with van der Waals surface area (Å²) in [5.41, 5.74) is 1.74.